The molecule has 1 aliphatic rings. The Morgan fingerprint density at radius 2 is 1.76 bits per heavy atom. The van der Waals surface area contributed by atoms with Crippen LogP contribution in [0.2, 0.25) is 0 Å². The molecule has 6 heteroatoms. The first-order valence-corrected chi connectivity index (χ1v) is 7.75. The molecule has 0 fully saturated rings. The van der Waals surface area contributed by atoms with Gasteiger partial charge in [0.25, 0.3) is 5.91 Å². The highest BCUT2D eigenvalue weighted by atomic mass is 32.2. The van der Waals surface area contributed by atoms with Gasteiger partial charge in [-0.15, -0.1) is 0 Å². The predicted octanol–water partition coefficient (Wildman–Crippen LogP) is 2.12. The van der Waals surface area contributed by atoms with Gasteiger partial charge in [0.1, 0.15) is 5.75 Å². The van der Waals surface area contributed by atoms with Crippen LogP contribution in [-0.2, 0) is 9.84 Å². The van der Waals surface area contributed by atoms with E-state index in [0.29, 0.717) is 11.4 Å². The van der Waals surface area contributed by atoms with E-state index in [4.69, 9.17) is 4.74 Å². The number of hydrogen-bond donors (Lipinski definition) is 0. The van der Waals surface area contributed by atoms with Crippen LogP contribution in [0.5, 0.6) is 5.75 Å². The Balaban J connectivity index is 2.40. The van der Waals surface area contributed by atoms with Crippen LogP contribution in [0.4, 0.5) is 5.69 Å². The van der Waals surface area contributed by atoms with Crippen LogP contribution in [0.25, 0.3) is 0 Å². The largest absolute Gasteiger partial charge is 0.497 e. The molecule has 0 aliphatic carbocycles. The normalized spacial score (nSPS) is 15.9. The third-order valence-corrected chi connectivity index (χ3v) is 5.39. The van der Waals surface area contributed by atoms with E-state index in [0.717, 1.165) is 0 Å². The maximum absolute atomic E-state index is 12.8. The Kier molecular flexibility index (Phi) is 2.98. The number of sulfone groups is 1. The molecule has 0 unspecified atom stereocenters. The molecule has 21 heavy (non-hydrogen) atoms. The Morgan fingerprint density at radius 3 is 2.48 bits per heavy atom. The smallest absolute Gasteiger partial charge is 0.259 e. The second-order valence-corrected chi connectivity index (χ2v) is 6.58. The van der Waals surface area contributed by atoms with Gasteiger partial charge < -0.3 is 9.64 Å². The number of anilines is 1. The number of carbonyl (C=O) groups excluding carboxylic acids is 1. The summed E-state index contributed by atoms with van der Waals surface area (Å²) in [4.78, 5) is 14.0. The van der Waals surface area contributed by atoms with Gasteiger partial charge in [0.15, 0.2) is 0 Å². The maximum Gasteiger partial charge on any atom is 0.259 e. The van der Waals surface area contributed by atoms with Gasteiger partial charge >= 0.3 is 0 Å². The molecule has 1 amide bonds. The van der Waals surface area contributed by atoms with Gasteiger partial charge in [-0.1, -0.05) is 12.1 Å². The summed E-state index contributed by atoms with van der Waals surface area (Å²) in [5, 5.41) is 0. The summed E-state index contributed by atoms with van der Waals surface area (Å²) in [6.07, 6.45) is 0. The molecular formula is C15H13NO4S. The fourth-order valence-electron chi connectivity index (χ4n) is 2.40. The van der Waals surface area contributed by atoms with Crippen LogP contribution >= 0.6 is 0 Å². The Bertz CT molecular complexity index is 843. The first-order valence-electron chi connectivity index (χ1n) is 6.27. The number of ether oxygens (including phenoxy) is 1. The molecule has 0 spiro atoms. The number of nitrogens with zero attached hydrogens (tertiary/aromatic N) is 1. The van der Waals surface area contributed by atoms with Crippen molar-refractivity contribution < 1.29 is 17.9 Å². The monoisotopic (exact) mass is 303 g/mol. The van der Waals surface area contributed by atoms with Gasteiger partial charge in [-0.05, 0) is 24.3 Å². The second-order valence-electron chi connectivity index (χ2n) is 4.70. The fourth-order valence-corrected chi connectivity index (χ4v) is 4.06. The van der Waals surface area contributed by atoms with E-state index >= 15 is 0 Å². The zero-order valence-electron chi connectivity index (χ0n) is 11.5. The number of carbonyl (C=O) groups is 1. The first-order chi connectivity index (χ1) is 9.96. The van der Waals surface area contributed by atoms with Gasteiger partial charge in [-0.25, -0.2) is 8.42 Å². The SMILES string of the molecule is COc1ccc2c(c1)N(C)C(=O)c1ccccc1S2(=O)=O. The van der Waals surface area contributed by atoms with E-state index in [1.807, 2.05) is 0 Å². The molecule has 1 heterocycles. The predicted molar refractivity (Wildman–Crippen MR) is 77.6 cm³/mol. The van der Waals surface area contributed by atoms with E-state index in [1.54, 1.807) is 31.3 Å². The van der Waals surface area contributed by atoms with Crippen LogP contribution in [0.3, 0.4) is 0 Å². The van der Waals surface area contributed by atoms with Crippen molar-refractivity contribution in [3.8, 4) is 5.75 Å². The van der Waals surface area contributed by atoms with Gasteiger partial charge in [0.05, 0.1) is 28.2 Å². The summed E-state index contributed by atoms with van der Waals surface area (Å²) < 4.78 is 30.7. The lowest BCUT2D eigenvalue weighted by atomic mass is 10.2. The minimum Gasteiger partial charge on any atom is -0.497 e. The quantitative estimate of drug-likeness (QED) is 0.809. The average molecular weight is 303 g/mol. The molecule has 5 nitrogen and oxygen atoms in total. The molecule has 0 saturated carbocycles. The zero-order valence-corrected chi connectivity index (χ0v) is 12.3. The van der Waals surface area contributed by atoms with Crippen LogP contribution in [0, 0.1) is 0 Å². The lowest BCUT2D eigenvalue weighted by Crippen LogP contribution is -2.25. The topological polar surface area (TPSA) is 63.7 Å². The van der Waals surface area contributed by atoms with E-state index in [1.165, 1.54) is 30.2 Å². The molecule has 0 N–H and O–H groups in total. The minimum absolute atomic E-state index is 0.0331. The fraction of sp³-hybridized carbons (Fsp3) is 0.133. The highest BCUT2D eigenvalue weighted by Crippen LogP contribution is 2.37. The van der Waals surface area contributed by atoms with Gasteiger partial charge in [0.2, 0.25) is 9.84 Å². The number of benzene rings is 2. The molecule has 0 aromatic heterocycles. The van der Waals surface area contributed by atoms with E-state index in [2.05, 4.69) is 0 Å². The van der Waals surface area contributed by atoms with Crippen molar-refractivity contribution in [3.05, 3.63) is 48.0 Å². The van der Waals surface area contributed by atoms with Gasteiger partial charge in [-0.3, -0.25) is 4.79 Å². The summed E-state index contributed by atoms with van der Waals surface area (Å²) in [6.45, 7) is 0. The Labute approximate surface area is 122 Å². The summed E-state index contributed by atoms with van der Waals surface area (Å²) in [5.74, 6) is 0.135. The molecule has 0 saturated heterocycles. The Morgan fingerprint density at radius 1 is 1.05 bits per heavy atom. The third-order valence-electron chi connectivity index (χ3n) is 3.53. The standard InChI is InChI=1S/C15H13NO4S/c1-16-12-9-10(20-2)7-8-14(12)21(18,19)13-6-4-3-5-11(13)15(16)17/h3-9H,1-2H3. The molecule has 0 radical (unpaired) electrons. The summed E-state index contributed by atoms with van der Waals surface area (Å²) in [6, 6.07) is 10.8. The van der Waals surface area contributed by atoms with Crippen LogP contribution in [0.15, 0.2) is 52.3 Å². The lowest BCUT2D eigenvalue weighted by molar-refractivity contribution is 0.0990. The summed E-state index contributed by atoms with van der Waals surface area (Å²) in [5.41, 5.74) is 0.491. The molecule has 1 aliphatic heterocycles. The van der Waals surface area contributed by atoms with Crippen molar-refractivity contribution in [2.24, 2.45) is 0 Å². The minimum atomic E-state index is -3.75. The highest BCUT2D eigenvalue weighted by Gasteiger charge is 2.34. The molecule has 108 valence electrons. The second kappa shape index (κ2) is 4.60. The molecule has 0 bridgehead atoms. The van der Waals surface area contributed by atoms with Crippen LogP contribution in [-0.4, -0.2) is 28.5 Å². The molecule has 0 atom stereocenters. The van der Waals surface area contributed by atoms with Crippen molar-refractivity contribution in [3.63, 3.8) is 0 Å². The van der Waals surface area contributed by atoms with Gasteiger partial charge in [-0.2, -0.15) is 0 Å². The number of amides is 1. The third kappa shape index (κ3) is 1.91. The van der Waals surface area contributed by atoms with Crippen molar-refractivity contribution in [2.45, 2.75) is 9.79 Å². The molecule has 2 aromatic rings. The van der Waals surface area contributed by atoms with E-state index < -0.39 is 9.84 Å². The van der Waals surface area contributed by atoms with Gasteiger partial charge in [0, 0.05) is 13.1 Å². The summed E-state index contributed by atoms with van der Waals surface area (Å²) in [7, 11) is -0.703. The van der Waals surface area contributed by atoms with Crippen molar-refractivity contribution in [2.75, 3.05) is 19.1 Å². The molecule has 2 aromatic carbocycles. The average Bonchev–Trinajstić information content (AvgIpc) is 2.57. The van der Waals surface area contributed by atoms with Crippen LogP contribution in [0.1, 0.15) is 10.4 Å². The number of hydrogen-bond acceptors (Lipinski definition) is 4. The molecule has 3 rings (SSSR count). The number of methoxy groups -OCH3 is 1. The van der Waals surface area contributed by atoms with Crippen molar-refractivity contribution >= 4 is 21.4 Å². The maximum atomic E-state index is 12.8. The highest BCUT2D eigenvalue weighted by molar-refractivity contribution is 7.91. The Hall–Kier alpha value is -2.34. The summed E-state index contributed by atoms with van der Waals surface area (Å²) >= 11 is 0. The number of fused-ring (bicyclic) bond motifs is 2. The zero-order chi connectivity index (χ0) is 15.2. The lowest BCUT2D eigenvalue weighted by Gasteiger charge is -2.17. The van der Waals surface area contributed by atoms with E-state index in [9.17, 15) is 13.2 Å². The van der Waals surface area contributed by atoms with Crippen molar-refractivity contribution in [1.29, 1.82) is 0 Å². The van der Waals surface area contributed by atoms with E-state index in [-0.39, 0.29) is 21.3 Å². The first kappa shape index (κ1) is 13.6. The van der Waals surface area contributed by atoms with Crippen LogP contribution < -0.4 is 9.64 Å². The molecular weight excluding hydrogens is 290 g/mol. The number of rotatable bonds is 1. The van der Waals surface area contributed by atoms with Crippen molar-refractivity contribution in [1.82, 2.24) is 0 Å².